The van der Waals surface area contributed by atoms with Gasteiger partial charge in [-0.25, -0.2) is 0 Å². The van der Waals surface area contributed by atoms with Crippen molar-refractivity contribution in [2.45, 2.75) is 19.5 Å². The van der Waals surface area contributed by atoms with Crippen LogP contribution in [0.4, 0.5) is 5.82 Å². The third-order valence-electron chi connectivity index (χ3n) is 3.79. The maximum absolute atomic E-state index is 12.8. The van der Waals surface area contributed by atoms with Crippen LogP contribution in [-0.4, -0.2) is 11.1 Å². The van der Waals surface area contributed by atoms with Crippen LogP contribution in [0.2, 0.25) is 10.0 Å². The van der Waals surface area contributed by atoms with Gasteiger partial charge in [-0.2, -0.15) is 0 Å². The molecule has 134 valence electrons. The number of benzene rings is 2. The van der Waals surface area contributed by atoms with E-state index in [9.17, 15) is 4.79 Å². The summed E-state index contributed by atoms with van der Waals surface area (Å²) in [5, 5.41) is 10.9. The fourth-order valence-corrected chi connectivity index (χ4v) is 2.98. The minimum absolute atomic E-state index is 0.241. The summed E-state index contributed by atoms with van der Waals surface area (Å²) < 4.78 is 4.99. The maximum Gasteiger partial charge on any atom is 0.247 e. The van der Waals surface area contributed by atoms with E-state index in [0.717, 1.165) is 11.1 Å². The lowest BCUT2D eigenvalue weighted by Gasteiger charge is -2.18. The minimum Gasteiger partial charge on any atom is -0.360 e. The number of carbonyl (C=O) groups is 1. The van der Waals surface area contributed by atoms with Gasteiger partial charge < -0.3 is 9.84 Å². The number of aromatic nitrogens is 1. The molecule has 5 nitrogen and oxygen atoms in total. The Morgan fingerprint density at radius 1 is 1.15 bits per heavy atom. The number of hydrogen-bond acceptors (Lipinski definition) is 4. The van der Waals surface area contributed by atoms with Crippen LogP contribution in [0.25, 0.3) is 0 Å². The molecule has 1 atom stereocenters. The van der Waals surface area contributed by atoms with Gasteiger partial charge in [0.15, 0.2) is 5.82 Å². The molecule has 0 aliphatic heterocycles. The van der Waals surface area contributed by atoms with E-state index in [0.29, 0.717) is 28.2 Å². The molecule has 3 aromatic rings. The fraction of sp³-hybridized carbons (Fsp3) is 0.158. The highest BCUT2D eigenvalue weighted by Crippen LogP contribution is 2.22. The van der Waals surface area contributed by atoms with Gasteiger partial charge in [0, 0.05) is 22.7 Å². The number of nitrogens with one attached hydrogen (secondary N) is 2. The SMILES string of the molecule is Cc1cc(NC(=O)C(NCc2ccc(Cl)cc2Cl)c2ccccc2)no1. The van der Waals surface area contributed by atoms with Crippen molar-refractivity contribution in [2.24, 2.45) is 0 Å². The number of carbonyl (C=O) groups excluding carboxylic acids is 1. The molecule has 7 heteroatoms. The lowest BCUT2D eigenvalue weighted by atomic mass is 10.1. The molecule has 0 saturated heterocycles. The van der Waals surface area contributed by atoms with Crippen molar-refractivity contribution in [3.05, 3.63) is 81.5 Å². The molecule has 1 amide bonds. The van der Waals surface area contributed by atoms with Gasteiger partial charge in [-0.3, -0.25) is 10.1 Å². The highest BCUT2D eigenvalue weighted by atomic mass is 35.5. The molecular formula is C19H17Cl2N3O2. The molecule has 1 heterocycles. The zero-order chi connectivity index (χ0) is 18.5. The number of rotatable bonds is 6. The van der Waals surface area contributed by atoms with Crippen molar-refractivity contribution >= 4 is 34.9 Å². The normalized spacial score (nSPS) is 12.0. The topological polar surface area (TPSA) is 67.2 Å². The predicted octanol–water partition coefficient (Wildman–Crippen LogP) is 4.76. The number of amides is 1. The highest BCUT2D eigenvalue weighted by Gasteiger charge is 2.21. The van der Waals surface area contributed by atoms with Gasteiger partial charge in [0.2, 0.25) is 5.91 Å². The maximum atomic E-state index is 12.8. The standard InChI is InChI=1S/C19H17Cl2N3O2/c1-12-9-17(24-26-12)23-19(25)18(13-5-3-2-4-6-13)22-11-14-7-8-15(20)10-16(14)21/h2-10,18,22H,11H2,1H3,(H,23,24,25). The Labute approximate surface area is 161 Å². The fourth-order valence-electron chi connectivity index (χ4n) is 2.51. The third-order valence-corrected chi connectivity index (χ3v) is 4.37. The number of nitrogens with zero attached hydrogens (tertiary/aromatic N) is 1. The minimum atomic E-state index is -0.583. The van der Waals surface area contributed by atoms with E-state index in [2.05, 4.69) is 15.8 Å². The summed E-state index contributed by atoms with van der Waals surface area (Å²) in [5.41, 5.74) is 1.68. The van der Waals surface area contributed by atoms with Crippen molar-refractivity contribution in [2.75, 3.05) is 5.32 Å². The molecule has 1 unspecified atom stereocenters. The van der Waals surface area contributed by atoms with Crippen molar-refractivity contribution in [1.82, 2.24) is 10.5 Å². The van der Waals surface area contributed by atoms with Gasteiger partial charge in [0.1, 0.15) is 11.8 Å². The molecule has 2 N–H and O–H groups in total. The second-order valence-electron chi connectivity index (χ2n) is 5.77. The molecule has 0 bridgehead atoms. The lowest BCUT2D eigenvalue weighted by Crippen LogP contribution is -2.32. The van der Waals surface area contributed by atoms with Crippen LogP contribution in [0, 0.1) is 6.92 Å². The smallest absolute Gasteiger partial charge is 0.247 e. The van der Waals surface area contributed by atoms with E-state index in [4.69, 9.17) is 27.7 Å². The number of hydrogen-bond donors (Lipinski definition) is 2. The van der Waals surface area contributed by atoms with Crippen LogP contribution in [0.3, 0.4) is 0 Å². The molecular weight excluding hydrogens is 373 g/mol. The Kier molecular flexibility index (Phi) is 5.93. The average molecular weight is 390 g/mol. The van der Waals surface area contributed by atoms with E-state index in [1.54, 1.807) is 25.1 Å². The van der Waals surface area contributed by atoms with Gasteiger partial charge in [-0.05, 0) is 30.2 Å². The average Bonchev–Trinajstić information content (AvgIpc) is 3.02. The lowest BCUT2D eigenvalue weighted by molar-refractivity contribution is -0.118. The second kappa shape index (κ2) is 8.36. The van der Waals surface area contributed by atoms with Gasteiger partial charge in [-0.15, -0.1) is 0 Å². The molecule has 0 spiro atoms. The molecule has 0 radical (unpaired) electrons. The molecule has 26 heavy (non-hydrogen) atoms. The van der Waals surface area contributed by atoms with Gasteiger partial charge in [0.05, 0.1) is 0 Å². The number of halogens is 2. The summed E-state index contributed by atoms with van der Waals surface area (Å²) in [4.78, 5) is 12.8. The van der Waals surface area contributed by atoms with Crippen molar-refractivity contribution in [3.63, 3.8) is 0 Å². The first-order valence-corrected chi connectivity index (χ1v) is 8.75. The summed E-state index contributed by atoms with van der Waals surface area (Å²) in [7, 11) is 0. The summed E-state index contributed by atoms with van der Waals surface area (Å²) in [6.07, 6.45) is 0. The zero-order valence-corrected chi connectivity index (χ0v) is 15.5. The van der Waals surface area contributed by atoms with E-state index in [1.807, 2.05) is 36.4 Å². The summed E-state index contributed by atoms with van der Waals surface area (Å²) in [5.74, 6) is 0.756. The van der Waals surface area contributed by atoms with Crippen LogP contribution in [0.1, 0.15) is 22.9 Å². The highest BCUT2D eigenvalue weighted by molar-refractivity contribution is 6.35. The van der Waals surface area contributed by atoms with E-state index < -0.39 is 6.04 Å². The van der Waals surface area contributed by atoms with Crippen LogP contribution < -0.4 is 10.6 Å². The van der Waals surface area contributed by atoms with Crippen LogP contribution in [-0.2, 0) is 11.3 Å². The molecule has 0 aliphatic rings. The van der Waals surface area contributed by atoms with Gasteiger partial charge >= 0.3 is 0 Å². The molecule has 0 fully saturated rings. The molecule has 0 saturated carbocycles. The van der Waals surface area contributed by atoms with Crippen molar-refractivity contribution in [3.8, 4) is 0 Å². The van der Waals surface area contributed by atoms with E-state index in [1.165, 1.54) is 0 Å². The molecule has 2 aromatic carbocycles. The first-order chi connectivity index (χ1) is 12.5. The van der Waals surface area contributed by atoms with Crippen LogP contribution in [0.15, 0.2) is 59.1 Å². The van der Waals surface area contributed by atoms with E-state index in [-0.39, 0.29) is 5.91 Å². The van der Waals surface area contributed by atoms with Gasteiger partial charge in [-0.1, -0.05) is 64.8 Å². The van der Waals surface area contributed by atoms with Gasteiger partial charge in [0.25, 0.3) is 0 Å². The Morgan fingerprint density at radius 2 is 1.92 bits per heavy atom. The Hall–Kier alpha value is -2.34. The van der Waals surface area contributed by atoms with Crippen molar-refractivity contribution < 1.29 is 9.32 Å². The van der Waals surface area contributed by atoms with Crippen molar-refractivity contribution in [1.29, 1.82) is 0 Å². The Bertz CT molecular complexity index is 897. The molecule has 3 rings (SSSR count). The predicted molar refractivity (Wildman–Crippen MR) is 102 cm³/mol. The second-order valence-corrected chi connectivity index (χ2v) is 6.62. The first kappa shape index (κ1) is 18.5. The summed E-state index contributed by atoms with van der Waals surface area (Å²) in [6, 6.07) is 15.8. The zero-order valence-electron chi connectivity index (χ0n) is 14.0. The first-order valence-electron chi connectivity index (χ1n) is 7.99. The quantitative estimate of drug-likeness (QED) is 0.637. The van der Waals surface area contributed by atoms with Crippen LogP contribution >= 0.6 is 23.2 Å². The Balaban J connectivity index is 1.78. The number of aryl methyl sites for hydroxylation is 1. The number of anilines is 1. The third kappa shape index (κ3) is 4.64. The van der Waals surface area contributed by atoms with E-state index >= 15 is 0 Å². The Morgan fingerprint density at radius 3 is 2.58 bits per heavy atom. The molecule has 0 aliphatic carbocycles. The van der Waals surface area contributed by atoms with Crippen LogP contribution in [0.5, 0.6) is 0 Å². The largest absolute Gasteiger partial charge is 0.360 e. The summed E-state index contributed by atoms with van der Waals surface area (Å²) >= 11 is 12.2. The monoisotopic (exact) mass is 389 g/mol. The molecule has 1 aromatic heterocycles. The summed E-state index contributed by atoms with van der Waals surface area (Å²) in [6.45, 7) is 2.17.